The van der Waals surface area contributed by atoms with Crippen LogP contribution in [0.4, 0.5) is 11.6 Å². The predicted molar refractivity (Wildman–Crippen MR) is 297 cm³/mol. The van der Waals surface area contributed by atoms with Gasteiger partial charge in [-0.2, -0.15) is 10.2 Å². The van der Waals surface area contributed by atoms with E-state index in [4.69, 9.17) is 24.2 Å². The van der Waals surface area contributed by atoms with Gasteiger partial charge in [-0.3, -0.25) is 9.80 Å². The van der Waals surface area contributed by atoms with Gasteiger partial charge in [-0.25, -0.2) is 38.9 Å². The van der Waals surface area contributed by atoms with Crippen molar-refractivity contribution < 1.29 is 19.3 Å². The van der Waals surface area contributed by atoms with Gasteiger partial charge in [0.1, 0.15) is 35.8 Å². The molecule has 8 aromatic rings. The molecule has 1 N–H and O–H groups in total. The fraction of sp³-hybridized carbons (Fsp3) is 0.429. The molecule has 0 radical (unpaired) electrons. The van der Waals surface area contributed by atoms with Crippen LogP contribution in [0, 0.1) is 11.8 Å². The molecule has 0 aromatic carbocycles. The number of piperidine rings is 2. The molecule has 0 aliphatic carbocycles. The van der Waals surface area contributed by atoms with Gasteiger partial charge in [0.25, 0.3) is 0 Å². The van der Waals surface area contributed by atoms with Crippen molar-refractivity contribution in [1.82, 2.24) is 68.7 Å². The van der Waals surface area contributed by atoms with Crippen LogP contribution in [0.25, 0.3) is 33.5 Å². The van der Waals surface area contributed by atoms with Gasteiger partial charge >= 0.3 is 0 Å². The van der Waals surface area contributed by atoms with Crippen LogP contribution in [0.15, 0.2) is 110 Å². The molecule has 4 bridgehead atoms. The van der Waals surface area contributed by atoms with E-state index in [-0.39, 0.29) is 5.75 Å². The highest BCUT2D eigenvalue weighted by molar-refractivity contribution is 9.09. The Bertz CT molecular complexity index is 3240. The van der Waals surface area contributed by atoms with Crippen LogP contribution in [-0.2, 0) is 13.1 Å². The average molecular weight is 1110 g/mol. The van der Waals surface area contributed by atoms with Crippen LogP contribution < -0.4 is 24.0 Å². The van der Waals surface area contributed by atoms with Crippen molar-refractivity contribution in [1.29, 1.82) is 0 Å². The quantitative estimate of drug-likeness (QED) is 0.127. The highest BCUT2D eigenvalue weighted by atomic mass is 79.9. The summed E-state index contributed by atoms with van der Waals surface area (Å²) in [5, 5.41) is 19.7. The van der Waals surface area contributed by atoms with Gasteiger partial charge in [-0.15, -0.1) is 0 Å². The van der Waals surface area contributed by atoms with Gasteiger partial charge < -0.3 is 38.9 Å². The molecule has 4 atom stereocenters. The Balaban J connectivity index is 0.000000139. The Kier molecular flexibility index (Phi) is 14.6. The average Bonchev–Trinajstić information content (AvgIpc) is 4.15. The van der Waals surface area contributed by atoms with Crippen LogP contribution in [0.3, 0.4) is 0 Å². The zero-order valence-corrected chi connectivity index (χ0v) is 45.5. The maximum absolute atomic E-state index is 10.0. The zero-order chi connectivity index (χ0) is 52.6. The van der Waals surface area contributed by atoms with Gasteiger partial charge in [0, 0.05) is 160 Å². The molecule has 8 saturated heterocycles. The molecule has 8 aliphatic rings. The highest BCUT2D eigenvalue weighted by Gasteiger charge is 2.46. The number of alkyl halides is 1. The maximum atomic E-state index is 10.0. The first kappa shape index (κ1) is 50.8. The lowest BCUT2D eigenvalue weighted by molar-refractivity contribution is -0.00879. The first-order chi connectivity index (χ1) is 37.6. The fourth-order valence-electron chi connectivity index (χ4n) is 11.8. The minimum absolute atomic E-state index is 0.144. The molecule has 8 aromatic heterocycles. The number of aromatic nitrogens is 10. The van der Waals surface area contributed by atoms with Crippen LogP contribution in [0.5, 0.6) is 23.3 Å². The van der Waals surface area contributed by atoms with Gasteiger partial charge in [0.2, 0.25) is 11.8 Å². The molecule has 0 spiro atoms. The van der Waals surface area contributed by atoms with Crippen molar-refractivity contribution >= 4 is 38.9 Å². The van der Waals surface area contributed by atoms with Crippen LogP contribution in [0.2, 0.25) is 0 Å². The molecular weight excluding hydrogens is 1040 g/mol. The number of hydrogen-bond donors (Lipinski definition) is 1. The largest absolute Gasteiger partial charge is 0.506 e. The monoisotopic (exact) mass is 1100 g/mol. The minimum Gasteiger partial charge on any atom is -0.506 e. The molecule has 0 saturated carbocycles. The Morgan fingerprint density at radius 3 is 1.48 bits per heavy atom. The Hall–Kier alpha value is -7.04. The summed E-state index contributed by atoms with van der Waals surface area (Å²) in [4.78, 5) is 41.6. The number of piperazine rings is 2. The molecule has 4 unspecified atom stereocenters. The van der Waals surface area contributed by atoms with Crippen LogP contribution >= 0.6 is 15.9 Å². The number of nitrogens with zero attached hydrogens (tertiary/aromatic N) is 16. The van der Waals surface area contributed by atoms with Crippen molar-refractivity contribution in [2.24, 2.45) is 11.8 Å². The smallest absolute Gasteiger partial charge is 0.212 e. The van der Waals surface area contributed by atoms with Gasteiger partial charge in [0.15, 0.2) is 11.3 Å². The molecule has 8 aliphatic heterocycles. The van der Waals surface area contributed by atoms with E-state index in [1.807, 2.05) is 49.2 Å². The number of methoxy groups -OCH3 is 2. The molecular formula is C56H65BrN16O4. The third-order valence-corrected chi connectivity index (χ3v) is 16.8. The summed E-state index contributed by atoms with van der Waals surface area (Å²) in [6.45, 7) is 11.2. The lowest BCUT2D eigenvalue weighted by Crippen LogP contribution is -2.68. The van der Waals surface area contributed by atoms with Crippen molar-refractivity contribution in [2.45, 2.75) is 50.1 Å². The third-order valence-electron chi connectivity index (χ3n) is 15.9. The van der Waals surface area contributed by atoms with Gasteiger partial charge in [-0.1, -0.05) is 28.1 Å². The van der Waals surface area contributed by atoms with Crippen molar-refractivity contribution in [3.05, 3.63) is 122 Å². The number of ether oxygens (including phenoxy) is 3. The van der Waals surface area contributed by atoms with Gasteiger partial charge in [0.05, 0.1) is 33.2 Å². The summed E-state index contributed by atoms with van der Waals surface area (Å²) in [6.07, 6.45) is 16.6. The summed E-state index contributed by atoms with van der Waals surface area (Å²) < 4.78 is 19.8. The Morgan fingerprint density at radius 1 is 0.558 bits per heavy atom. The number of pyridine rings is 6. The maximum Gasteiger partial charge on any atom is 0.212 e. The normalized spacial score (nSPS) is 21.5. The number of likely N-dealkylation sites (tertiary alicyclic amines) is 2. The van der Waals surface area contributed by atoms with Gasteiger partial charge in [-0.05, 0) is 80.4 Å². The first-order valence-corrected chi connectivity index (χ1v) is 27.6. The summed E-state index contributed by atoms with van der Waals surface area (Å²) >= 11 is 3.43. The number of rotatable bonds is 14. The Morgan fingerprint density at radius 2 is 1.05 bits per heavy atom. The van der Waals surface area contributed by atoms with Crippen LogP contribution in [0.1, 0.15) is 24.0 Å². The van der Waals surface area contributed by atoms with Crippen molar-refractivity contribution in [3.63, 3.8) is 0 Å². The van der Waals surface area contributed by atoms with E-state index < -0.39 is 0 Å². The highest BCUT2D eigenvalue weighted by Crippen LogP contribution is 2.38. The summed E-state index contributed by atoms with van der Waals surface area (Å²) in [6, 6.07) is 22.3. The standard InChI is InChI=1S/C28H32N8O2.C23H23N7O2.C5H10BrN/c1-33-11-20(12-33)17-38-24-8-25(28-31-18-32-36(28)16-24)21-4-5-26(29-10-21)34-14-22-7-23(15-34)35(22)13-19-3-6-27(37-2)30-9-19;1-32-22-5-2-15(8-25-22)10-29-17-6-18(29)12-28(11-17)21-4-3-16(9-24-21)20-7-19(31)13-30-23(20)26-14-27-30;1-7-3-5(2-6)4-7/h3-6,8-10,16,18,20,22-23H,7,11-15,17H2,1-2H3;2-5,7-9,13-14,17-18,31H,6,10-12H2,1H3;5H,2-4H2,1H3. The second-order valence-corrected chi connectivity index (χ2v) is 22.0. The van der Waals surface area contributed by atoms with E-state index in [0.717, 1.165) is 104 Å². The molecule has 21 heteroatoms. The third kappa shape index (κ3) is 11.0. The molecule has 8 fully saturated rings. The summed E-state index contributed by atoms with van der Waals surface area (Å²) in [5.41, 5.74) is 7.63. The number of anilines is 2. The predicted octanol–water partition coefficient (Wildman–Crippen LogP) is 5.90. The second-order valence-electron chi connectivity index (χ2n) is 21.4. The molecule has 16 heterocycles. The topological polar surface area (TPSA) is 179 Å². The zero-order valence-electron chi connectivity index (χ0n) is 44.0. The number of hydrogen-bond acceptors (Lipinski definition) is 18. The van der Waals surface area contributed by atoms with Crippen LogP contribution in [-0.4, -0.2) is 191 Å². The lowest BCUT2D eigenvalue weighted by atomic mass is 9.87. The van der Waals surface area contributed by atoms with E-state index in [9.17, 15) is 5.11 Å². The number of fused-ring (bicyclic) bond motifs is 6. The van der Waals surface area contributed by atoms with E-state index in [2.05, 4.69) is 126 Å². The lowest BCUT2D eigenvalue weighted by Gasteiger charge is -2.56. The van der Waals surface area contributed by atoms with E-state index >= 15 is 0 Å². The summed E-state index contributed by atoms with van der Waals surface area (Å²) in [5.74, 6) is 5.77. The molecule has 77 heavy (non-hydrogen) atoms. The second kappa shape index (κ2) is 22.1. The minimum atomic E-state index is 0.144. The van der Waals surface area contributed by atoms with Crippen molar-refractivity contribution in [2.75, 3.05) is 102 Å². The van der Waals surface area contributed by atoms with Crippen molar-refractivity contribution in [3.8, 4) is 45.5 Å². The number of halogens is 1. The molecule has 20 nitrogen and oxygen atoms in total. The fourth-order valence-corrected chi connectivity index (χ4v) is 12.2. The summed E-state index contributed by atoms with van der Waals surface area (Å²) in [7, 11) is 7.57. The first-order valence-electron chi connectivity index (χ1n) is 26.5. The molecule has 16 rings (SSSR count). The number of aromatic hydroxyl groups is 1. The SMILES string of the molecule is CN1CC(CBr)C1.COc1ccc(CN2C3CC2CN(c2ccc(-c4cc(O)cn5ncnc45)cn2)C3)cn1.COc1ccc(CN2C3CC2CN(c2ccc(-c4cc(OCC5CN(C)C5)cn5ncnc45)cn2)C3)cn1. The molecule has 400 valence electrons. The Labute approximate surface area is 456 Å². The van der Waals surface area contributed by atoms with E-state index in [1.165, 1.54) is 48.7 Å². The van der Waals surface area contributed by atoms with E-state index in [1.54, 1.807) is 41.8 Å². The van der Waals surface area contributed by atoms with E-state index in [0.29, 0.717) is 54.1 Å². The molecule has 0 amide bonds.